The summed E-state index contributed by atoms with van der Waals surface area (Å²) in [4.78, 5) is 28.1. The SMILES string of the molecule is Cc1nc(NC(=O)CNC(=O)CN)sc1Cc1ccccc1Cl.Cl. The lowest BCUT2D eigenvalue weighted by Crippen LogP contribution is -2.36. The number of rotatable bonds is 6. The van der Waals surface area contributed by atoms with Crippen molar-refractivity contribution in [1.29, 1.82) is 0 Å². The molecule has 9 heteroatoms. The first-order chi connectivity index (χ1) is 11.0. The highest BCUT2D eigenvalue weighted by Crippen LogP contribution is 2.27. The van der Waals surface area contributed by atoms with Gasteiger partial charge in [-0.25, -0.2) is 4.98 Å². The molecule has 0 unspecified atom stereocenters. The average molecular weight is 389 g/mol. The van der Waals surface area contributed by atoms with Crippen LogP contribution in [0.3, 0.4) is 0 Å². The first kappa shape index (κ1) is 20.4. The fourth-order valence-corrected chi connectivity index (χ4v) is 3.08. The summed E-state index contributed by atoms with van der Waals surface area (Å²) in [5, 5.41) is 6.27. The van der Waals surface area contributed by atoms with Crippen molar-refractivity contribution in [3.8, 4) is 0 Å². The van der Waals surface area contributed by atoms with Crippen LogP contribution >= 0.6 is 35.3 Å². The van der Waals surface area contributed by atoms with Crippen molar-refractivity contribution >= 4 is 52.3 Å². The fourth-order valence-electron chi connectivity index (χ4n) is 1.87. The molecule has 0 atom stereocenters. The Bertz CT molecular complexity index is 721. The van der Waals surface area contributed by atoms with Crippen molar-refractivity contribution in [3.63, 3.8) is 0 Å². The van der Waals surface area contributed by atoms with Gasteiger partial charge in [-0.15, -0.1) is 23.7 Å². The van der Waals surface area contributed by atoms with Gasteiger partial charge < -0.3 is 16.4 Å². The van der Waals surface area contributed by atoms with Crippen molar-refractivity contribution < 1.29 is 9.59 Å². The number of hydrogen-bond donors (Lipinski definition) is 3. The van der Waals surface area contributed by atoms with Crippen LogP contribution in [-0.4, -0.2) is 29.9 Å². The zero-order valence-electron chi connectivity index (χ0n) is 13.0. The maximum Gasteiger partial charge on any atom is 0.245 e. The van der Waals surface area contributed by atoms with E-state index in [9.17, 15) is 9.59 Å². The number of carbonyl (C=O) groups is 2. The van der Waals surface area contributed by atoms with Gasteiger partial charge in [0.05, 0.1) is 18.8 Å². The van der Waals surface area contributed by atoms with E-state index in [-0.39, 0.29) is 37.3 Å². The van der Waals surface area contributed by atoms with Crippen LogP contribution in [0.5, 0.6) is 0 Å². The van der Waals surface area contributed by atoms with Gasteiger partial charge in [-0.2, -0.15) is 0 Å². The number of carbonyl (C=O) groups excluding carboxylic acids is 2. The molecular weight excluding hydrogens is 371 g/mol. The van der Waals surface area contributed by atoms with Crippen molar-refractivity contribution in [2.75, 3.05) is 18.4 Å². The van der Waals surface area contributed by atoms with Gasteiger partial charge in [0.2, 0.25) is 11.8 Å². The number of thiazole rings is 1. The lowest BCUT2D eigenvalue weighted by Gasteiger charge is -2.03. The second-order valence-corrected chi connectivity index (χ2v) is 6.32. The Balaban J connectivity index is 0.00000288. The zero-order valence-corrected chi connectivity index (χ0v) is 15.4. The van der Waals surface area contributed by atoms with E-state index in [0.29, 0.717) is 16.6 Å². The number of aryl methyl sites for hydroxylation is 1. The Morgan fingerprint density at radius 3 is 2.67 bits per heavy atom. The molecule has 0 radical (unpaired) electrons. The summed E-state index contributed by atoms with van der Waals surface area (Å²) in [6, 6.07) is 7.62. The molecule has 2 aromatic rings. The molecule has 0 saturated heterocycles. The van der Waals surface area contributed by atoms with Crippen LogP contribution in [0.1, 0.15) is 16.1 Å². The highest BCUT2D eigenvalue weighted by Gasteiger charge is 2.12. The van der Waals surface area contributed by atoms with Crippen molar-refractivity contribution in [3.05, 3.63) is 45.4 Å². The van der Waals surface area contributed by atoms with Crippen LogP contribution in [0.2, 0.25) is 5.02 Å². The number of nitrogens with one attached hydrogen (secondary N) is 2. The Morgan fingerprint density at radius 2 is 2.00 bits per heavy atom. The zero-order chi connectivity index (χ0) is 16.8. The maximum atomic E-state index is 11.7. The van der Waals surface area contributed by atoms with E-state index in [2.05, 4.69) is 15.6 Å². The van der Waals surface area contributed by atoms with Gasteiger partial charge in [0.25, 0.3) is 0 Å². The van der Waals surface area contributed by atoms with Crippen LogP contribution in [0.25, 0.3) is 0 Å². The van der Waals surface area contributed by atoms with Gasteiger partial charge in [-0.05, 0) is 18.6 Å². The molecular formula is C15H18Cl2N4O2S. The minimum Gasteiger partial charge on any atom is -0.346 e. The Kier molecular flexibility index (Phi) is 8.14. The molecule has 24 heavy (non-hydrogen) atoms. The summed E-state index contributed by atoms with van der Waals surface area (Å²) in [6.07, 6.45) is 0.656. The monoisotopic (exact) mass is 388 g/mol. The van der Waals surface area contributed by atoms with Crippen molar-refractivity contribution in [2.24, 2.45) is 5.73 Å². The minimum atomic E-state index is -0.380. The molecule has 1 aromatic heterocycles. The van der Waals surface area contributed by atoms with Crippen LogP contribution in [0.15, 0.2) is 24.3 Å². The summed E-state index contributed by atoms with van der Waals surface area (Å²) in [5.41, 5.74) is 7.01. The van der Waals surface area contributed by atoms with E-state index in [4.69, 9.17) is 17.3 Å². The average Bonchev–Trinajstić information content (AvgIpc) is 2.86. The summed E-state index contributed by atoms with van der Waals surface area (Å²) in [5.74, 6) is -0.722. The van der Waals surface area contributed by atoms with Crippen LogP contribution in [-0.2, 0) is 16.0 Å². The molecule has 0 saturated carbocycles. The number of nitrogens with two attached hydrogens (primary N) is 1. The molecule has 0 aliphatic rings. The summed E-state index contributed by atoms with van der Waals surface area (Å²) >= 11 is 7.56. The van der Waals surface area contributed by atoms with E-state index >= 15 is 0 Å². The molecule has 1 aromatic carbocycles. The molecule has 2 rings (SSSR count). The van der Waals surface area contributed by atoms with Gasteiger partial charge in [-0.3, -0.25) is 9.59 Å². The molecule has 0 aliphatic heterocycles. The minimum absolute atomic E-state index is 0. The van der Waals surface area contributed by atoms with Crippen LogP contribution in [0.4, 0.5) is 5.13 Å². The number of nitrogens with zero attached hydrogens (tertiary/aromatic N) is 1. The van der Waals surface area contributed by atoms with Gasteiger partial charge in [0.15, 0.2) is 5.13 Å². The second-order valence-electron chi connectivity index (χ2n) is 4.82. The molecule has 4 N–H and O–H groups in total. The van der Waals surface area contributed by atoms with Crippen molar-refractivity contribution in [1.82, 2.24) is 10.3 Å². The van der Waals surface area contributed by atoms with E-state index < -0.39 is 0 Å². The van der Waals surface area contributed by atoms with E-state index in [1.807, 2.05) is 31.2 Å². The summed E-state index contributed by atoms with van der Waals surface area (Å²) in [6.45, 7) is 1.61. The molecule has 1 heterocycles. The Hall–Kier alpha value is -1.67. The lowest BCUT2D eigenvalue weighted by atomic mass is 10.1. The molecule has 130 valence electrons. The third-order valence-electron chi connectivity index (χ3n) is 3.08. The standard InChI is InChI=1S/C15H17ClN4O2S.ClH/c1-9-12(6-10-4-2-3-5-11(10)16)23-15(19-9)20-14(22)8-18-13(21)7-17;/h2-5H,6-8,17H2,1H3,(H,18,21)(H,19,20,22);1H. The Morgan fingerprint density at radius 1 is 1.29 bits per heavy atom. The number of anilines is 1. The highest BCUT2D eigenvalue weighted by atomic mass is 35.5. The molecule has 6 nitrogen and oxygen atoms in total. The predicted molar refractivity (Wildman–Crippen MR) is 99.1 cm³/mol. The lowest BCUT2D eigenvalue weighted by molar-refractivity contribution is -0.123. The smallest absolute Gasteiger partial charge is 0.245 e. The highest BCUT2D eigenvalue weighted by molar-refractivity contribution is 7.15. The number of amides is 2. The fraction of sp³-hybridized carbons (Fsp3) is 0.267. The largest absolute Gasteiger partial charge is 0.346 e. The van der Waals surface area contributed by atoms with Gasteiger partial charge in [-0.1, -0.05) is 29.8 Å². The van der Waals surface area contributed by atoms with E-state index in [1.54, 1.807) is 0 Å². The van der Waals surface area contributed by atoms with Gasteiger partial charge >= 0.3 is 0 Å². The predicted octanol–water partition coefficient (Wildman–Crippen LogP) is 2.13. The van der Waals surface area contributed by atoms with E-state index in [1.165, 1.54) is 11.3 Å². The first-order valence-corrected chi connectivity index (χ1v) is 8.15. The molecule has 0 aliphatic carbocycles. The van der Waals surface area contributed by atoms with Gasteiger partial charge in [0.1, 0.15) is 0 Å². The number of benzene rings is 1. The molecule has 0 fully saturated rings. The number of aromatic nitrogens is 1. The third-order valence-corrected chi connectivity index (χ3v) is 4.52. The third kappa shape index (κ3) is 5.76. The number of halogens is 2. The second kappa shape index (κ2) is 9.58. The van der Waals surface area contributed by atoms with Gasteiger partial charge in [0, 0.05) is 16.3 Å². The topological polar surface area (TPSA) is 97.1 Å². The molecule has 0 bridgehead atoms. The summed E-state index contributed by atoms with van der Waals surface area (Å²) in [7, 11) is 0. The quantitative estimate of drug-likeness (QED) is 0.705. The normalized spacial score (nSPS) is 9.96. The van der Waals surface area contributed by atoms with Crippen LogP contribution in [0, 0.1) is 6.92 Å². The Labute approximate surface area is 155 Å². The molecule has 0 spiro atoms. The first-order valence-electron chi connectivity index (χ1n) is 6.96. The molecule has 2 amide bonds. The maximum absolute atomic E-state index is 11.7. The summed E-state index contributed by atoms with van der Waals surface area (Å²) < 4.78 is 0. The van der Waals surface area contributed by atoms with Crippen molar-refractivity contribution in [2.45, 2.75) is 13.3 Å². The van der Waals surface area contributed by atoms with E-state index in [0.717, 1.165) is 16.1 Å². The number of hydrogen-bond acceptors (Lipinski definition) is 5. The van der Waals surface area contributed by atoms with Crippen LogP contribution < -0.4 is 16.4 Å².